The molecule has 5 heteroatoms. The largest absolute Gasteiger partial charge is 0.490 e. The van der Waals surface area contributed by atoms with Crippen LogP contribution in [0.3, 0.4) is 0 Å². The Labute approximate surface area is 155 Å². The molecule has 1 aromatic rings. The van der Waals surface area contributed by atoms with Crippen molar-refractivity contribution in [3.05, 3.63) is 42.5 Å². The lowest BCUT2D eigenvalue weighted by Crippen LogP contribution is -2.52. The zero-order chi connectivity index (χ0) is 18.7. The number of carbonyl (C=O) groups excluding carboxylic acids is 2. The molecule has 2 fully saturated rings. The van der Waals surface area contributed by atoms with E-state index >= 15 is 0 Å². The second-order valence-electron chi connectivity index (χ2n) is 7.58. The van der Waals surface area contributed by atoms with Crippen molar-refractivity contribution in [1.82, 2.24) is 9.80 Å². The third-order valence-corrected chi connectivity index (χ3v) is 5.48. The summed E-state index contributed by atoms with van der Waals surface area (Å²) in [6.45, 7) is 10.1. The molecular formula is C21H28N2O3. The first-order chi connectivity index (χ1) is 12.5. The molecule has 0 aliphatic carbocycles. The highest BCUT2D eigenvalue weighted by atomic mass is 16.5. The van der Waals surface area contributed by atoms with Gasteiger partial charge in [-0.2, -0.15) is 0 Å². The lowest BCUT2D eigenvalue weighted by Gasteiger charge is -2.41. The van der Waals surface area contributed by atoms with Crippen molar-refractivity contribution < 1.29 is 14.3 Å². The summed E-state index contributed by atoms with van der Waals surface area (Å²) in [5.41, 5.74) is 0.211. The molecular weight excluding hydrogens is 328 g/mol. The molecule has 1 spiro atoms. The number of benzene rings is 1. The Morgan fingerprint density at radius 1 is 1.35 bits per heavy atom. The Hall–Kier alpha value is -2.30. The van der Waals surface area contributed by atoms with E-state index in [2.05, 4.69) is 20.4 Å². The lowest BCUT2D eigenvalue weighted by atomic mass is 9.78. The van der Waals surface area contributed by atoms with Gasteiger partial charge in [-0.1, -0.05) is 18.7 Å². The van der Waals surface area contributed by atoms with Gasteiger partial charge in [0.25, 0.3) is 5.91 Å². The molecule has 1 aromatic carbocycles. The highest BCUT2D eigenvalue weighted by Crippen LogP contribution is 2.41. The fraction of sp³-hybridized carbons (Fsp3) is 0.524. The predicted molar refractivity (Wildman–Crippen MR) is 101 cm³/mol. The van der Waals surface area contributed by atoms with E-state index < -0.39 is 5.41 Å². The van der Waals surface area contributed by atoms with Gasteiger partial charge in [-0.25, -0.2) is 0 Å². The van der Waals surface area contributed by atoms with E-state index in [0.717, 1.165) is 25.8 Å². The maximum atomic E-state index is 13.0. The zero-order valence-corrected chi connectivity index (χ0v) is 15.7. The monoisotopic (exact) mass is 356 g/mol. The van der Waals surface area contributed by atoms with Crippen LogP contribution in [0.1, 0.15) is 43.5 Å². The lowest BCUT2D eigenvalue weighted by molar-refractivity contribution is -0.147. The molecule has 0 saturated carbocycles. The van der Waals surface area contributed by atoms with Crippen molar-refractivity contribution in [2.45, 2.75) is 39.2 Å². The van der Waals surface area contributed by atoms with Crippen molar-refractivity contribution in [2.24, 2.45) is 5.41 Å². The molecule has 0 N–H and O–H groups in total. The Morgan fingerprint density at radius 3 is 2.88 bits per heavy atom. The van der Waals surface area contributed by atoms with Gasteiger partial charge in [0, 0.05) is 31.2 Å². The summed E-state index contributed by atoms with van der Waals surface area (Å²) in [4.78, 5) is 29.8. The Bertz CT molecular complexity index is 700. The van der Waals surface area contributed by atoms with E-state index in [1.54, 1.807) is 18.2 Å². The fourth-order valence-corrected chi connectivity index (χ4v) is 4.07. The molecule has 2 amide bonds. The van der Waals surface area contributed by atoms with Gasteiger partial charge in [-0.3, -0.25) is 9.59 Å². The van der Waals surface area contributed by atoms with Crippen LogP contribution in [0.4, 0.5) is 0 Å². The normalized spacial score (nSPS) is 23.0. The number of hydrogen-bond acceptors (Lipinski definition) is 3. The minimum atomic E-state index is -0.394. The van der Waals surface area contributed by atoms with Crippen LogP contribution in [0, 0.1) is 5.41 Å². The van der Waals surface area contributed by atoms with Crippen LogP contribution in [0.2, 0.25) is 0 Å². The quantitative estimate of drug-likeness (QED) is 0.762. The number of carbonyl (C=O) groups is 2. The van der Waals surface area contributed by atoms with Crippen LogP contribution in [-0.4, -0.2) is 53.9 Å². The van der Waals surface area contributed by atoms with E-state index in [-0.39, 0.29) is 17.9 Å². The molecule has 2 saturated heterocycles. The molecule has 3 rings (SSSR count). The van der Waals surface area contributed by atoms with Crippen LogP contribution in [-0.2, 0) is 4.79 Å². The predicted octanol–water partition coefficient (Wildman–Crippen LogP) is 3.11. The van der Waals surface area contributed by atoms with Crippen molar-refractivity contribution in [2.75, 3.05) is 26.2 Å². The van der Waals surface area contributed by atoms with Crippen molar-refractivity contribution in [1.29, 1.82) is 0 Å². The van der Waals surface area contributed by atoms with Gasteiger partial charge in [-0.05, 0) is 51.3 Å². The van der Waals surface area contributed by atoms with E-state index in [1.165, 1.54) is 0 Å². The number of hydrogen-bond donors (Lipinski definition) is 0. The second-order valence-corrected chi connectivity index (χ2v) is 7.58. The first kappa shape index (κ1) is 18.5. The molecule has 0 aromatic heterocycles. The number of amides is 2. The summed E-state index contributed by atoms with van der Waals surface area (Å²) >= 11 is 0. The third-order valence-electron chi connectivity index (χ3n) is 5.48. The van der Waals surface area contributed by atoms with Gasteiger partial charge in [0.15, 0.2) is 0 Å². The van der Waals surface area contributed by atoms with Crippen LogP contribution in [0.5, 0.6) is 5.75 Å². The number of piperidine rings is 1. The van der Waals surface area contributed by atoms with E-state index in [9.17, 15) is 9.59 Å². The Kier molecular flexibility index (Phi) is 5.35. The number of rotatable bonds is 5. The molecule has 5 nitrogen and oxygen atoms in total. The number of nitrogens with zero attached hydrogens (tertiary/aromatic N) is 2. The Morgan fingerprint density at radius 2 is 2.15 bits per heavy atom. The standard InChI is InChI=1S/C21H28N2O3/c1-4-13-26-18-8-5-7-17(14-18)19(24)22-12-10-21(15-22)9-6-11-23(16(2)3)20(21)25/h4-5,7-8,14,16H,1,6,9-13,15H2,2-3H3/t21-/m0/s1. The topological polar surface area (TPSA) is 49.9 Å². The summed E-state index contributed by atoms with van der Waals surface area (Å²) < 4.78 is 5.53. The van der Waals surface area contributed by atoms with Gasteiger partial charge >= 0.3 is 0 Å². The van der Waals surface area contributed by atoms with Crippen molar-refractivity contribution in [3.8, 4) is 5.75 Å². The number of ether oxygens (including phenoxy) is 1. The van der Waals surface area contributed by atoms with Crippen LogP contribution < -0.4 is 4.74 Å². The molecule has 1 atom stereocenters. The third kappa shape index (κ3) is 3.48. The van der Waals surface area contributed by atoms with E-state index in [0.29, 0.717) is 31.0 Å². The van der Waals surface area contributed by atoms with Gasteiger partial charge in [-0.15, -0.1) is 0 Å². The maximum absolute atomic E-state index is 13.0. The molecule has 2 heterocycles. The SMILES string of the molecule is C=CCOc1cccc(C(=O)N2CC[C@@]3(CCCN(C(C)C)C3=O)C2)c1. The summed E-state index contributed by atoms with van der Waals surface area (Å²) in [5.74, 6) is 0.849. The van der Waals surface area contributed by atoms with Crippen molar-refractivity contribution in [3.63, 3.8) is 0 Å². The summed E-state index contributed by atoms with van der Waals surface area (Å²) in [7, 11) is 0. The van der Waals surface area contributed by atoms with Crippen LogP contribution in [0.15, 0.2) is 36.9 Å². The first-order valence-electron chi connectivity index (χ1n) is 9.41. The van der Waals surface area contributed by atoms with Crippen molar-refractivity contribution >= 4 is 11.8 Å². The Balaban J connectivity index is 1.73. The minimum Gasteiger partial charge on any atom is -0.490 e. The average molecular weight is 356 g/mol. The summed E-state index contributed by atoms with van der Waals surface area (Å²) in [5, 5.41) is 0. The van der Waals surface area contributed by atoms with Crippen LogP contribution >= 0.6 is 0 Å². The first-order valence-corrected chi connectivity index (χ1v) is 9.41. The summed E-state index contributed by atoms with van der Waals surface area (Å²) in [6, 6.07) is 7.43. The van der Waals surface area contributed by atoms with Gasteiger partial charge in [0.2, 0.25) is 5.91 Å². The molecule has 0 radical (unpaired) electrons. The molecule has 0 bridgehead atoms. The average Bonchev–Trinajstić information content (AvgIpc) is 3.07. The molecule has 0 unspecified atom stereocenters. The van der Waals surface area contributed by atoms with Crippen LogP contribution in [0.25, 0.3) is 0 Å². The molecule has 140 valence electrons. The molecule has 2 aliphatic rings. The highest BCUT2D eigenvalue weighted by Gasteiger charge is 2.49. The highest BCUT2D eigenvalue weighted by molar-refractivity contribution is 5.96. The van der Waals surface area contributed by atoms with E-state index in [4.69, 9.17) is 4.74 Å². The molecule has 2 aliphatic heterocycles. The maximum Gasteiger partial charge on any atom is 0.254 e. The minimum absolute atomic E-state index is 0.0274. The van der Waals surface area contributed by atoms with E-state index in [1.807, 2.05) is 21.9 Å². The van der Waals surface area contributed by atoms with Gasteiger partial charge in [0.05, 0.1) is 5.41 Å². The van der Waals surface area contributed by atoms with Gasteiger partial charge < -0.3 is 14.5 Å². The zero-order valence-electron chi connectivity index (χ0n) is 15.7. The fourth-order valence-electron chi connectivity index (χ4n) is 4.07. The van der Waals surface area contributed by atoms with Gasteiger partial charge in [0.1, 0.15) is 12.4 Å². The second kappa shape index (κ2) is 7.52. The number of likely N-dealkylation sites (tertiary alicyclic amines) is 2. The smallest absolute Gasteiger partial charge is 0.254 e. The summed E-state index contributed by atoms with van der Waals surface area (Å²) in [6.07, 6.45) is 4.32. The molecule has 26 heavy (non-hydrogen) atoms.